The van der Waals surface area contributed by atoms with Crippen LogP contribution in [0.1, 0.15) is 19.3 Å². The molecule has 15 heavy (non-hydrogen) atoms. The van der Waals surface area contributed by atoms with Crippen LogP contribution in [0.15, 0.2) is 0 Å². The highest BCUT2D eigenvalue weighted by Gasteiger charge is 2.35. The number of hydrogen-bond acceptors (Lipinski definition) is 4. The summed E-state index contributed by atoms with van der Waals surface area (Å²) in [6, 6.07) is 0.0691. The molecule has 0 aromatic heterocycles. The minimum atomic E-state index is -0.315. The number of esters is 1. The molecule has 0 aromatic carbocycles. The van der Waals surface area contributed by atoms with Crippen LogP contribution in [-0.2, 0) is 14.3 Å². The van der Waals surface area contributed by atoms with Crippen molar-refractivity contribution in [3.63, 3.8) is 0 Å². The van der Waals surface area contributed by atoms with Gasteiger partial charge in [0.2, 0.25) is 5.91 Å². The van der Waals surface area contributed by atoms with Crippen LogP contribution in [0.5, 0.6) is 0 Å². The van der Waals surface area contributed by atoms with E-state index in [0.29, 0.717) is 19.0 Å². The Morgan fingerprint density at radius 2 is 2.13 bits per heavy atom. The van der Waals surface area contributed by atoms with Crippen molar-refractivity contribution >= 4 is 11.9 Å². The van der Waals surface area contributed by atoms with Crippen LogP contribution >= 0.6 is 0 Å². The first kappa shape index (κ1) is 10.4. The summed E-state index contributed by atoms with van der Waals surface area (Å²) >= 11 is 0. The second-order valence-corrected chi connectivity index (χ2v) is 4.20. The molecule has 5 heteroatoms. The van der Waals surface area contributed by atoms with Crippen molar-refractivity contribution in [3.05, 3.63) is 0 Å². The number of rotatable bonds is 3. The van der Waals surface area contributed by atoms with Crippen molar-refractivity contribution in [2.24, 2.45) is 5.92 Å². The lowest BCUT2D eigenvalue weighted by Crippen LogP contribution is -2.33. The molecule has 1 heterocycles. The Bertz CT molecular complexity index is 276. The van der Waals surface area contributed by atoms with Gasteiger partial charge in [-0.2, -0.15) is 0 Å². The maximum Gasteiger partial charge on any atom is 0.322 e. The van der Waals surface area contributed by atoms with Crippen LogP contribution < -0.4 is 10.6 Å². The van der Waals surface area contributed by atoms with Gasteiger partial charge in [-0.3, -0.25) is 9.59 Å². The molecule has 1 amide bonds. The summed E-state index contributed by atoms with van der Waals surface area (Å²) in [6.45, 7) is 0.568. The molecular weight excluding hydrogens is 196 g/mol. The molecular formula is C10H16N2O3. The van der Waals surface area contributed by atoms with Crippen LogP contribution in [0, 0.1) is 5.92 Å². The fourth-order valence-corrected chi connectivity index (χ4v) is 1.80. The van der Waals surface area contributed by atoms with Crippen molar-refractivity contribution in [1.29, 1.82) is 0 Å². The molecule has 2 aliphatic rings. The SMILES string of the molecule is COC(=O)[C@@H]1C[C@@H](C(=O)NC2CC2)CN1. The van der Waals surface area contributed by atoms with E-state index in [1.807, 2.05) is 0 Å². The first-order valence-electron chi connectivity index (χ1n) is 5.32. The third-order valence-corrected chi connectivity index (χ3v) is 2.91. The first-order valence-corrected chi connectivity index (χ1v) is 5.32. The number of nitrogens with one attached hydrogen (secondary N) is 2. The lowest BCUT2D eigenvalue weighted by atomic mass is 10.0. The van der Waals surface area contributed by atoms with Gasteiger partial charge in [-0.15, -0.1) is 0 Å². The molecule has 1 aliphatic heterocycles. The molecule has 1 aliphatic carbocycles. The van der Waals surface area contributed by atoms with E-state index >= 15 is 0 Å². The summed E-state index contributed by atoms with van der Waals surface area (Å²) in [5.74, 6) is -0.303. The van der Waals surface area contributed by atoms with Gasteiger partial charge in [0.1, 0.15) is 6.04 Å². The Balaban J connectivity index is 1.80. The van der Waals surface area contributed by atoms with Crippen LogP contribution in [-0.4, -0.2) is 37.6 Å². The lowest BCUT2D eigenvalue weighted by Gasteiger charge is -2.09. The van der Waals surface area contributed by atoms with Crippen molar-refractivity contribution in [2.75, 3.05) is 13.7 Å². The standard InChI is InChI=1S/C10H16N2O3/c1-15-10(14)8-4-6(5-11-8)9(13)12-7-2-3-7/h6-8,11H,2-5H2,1H3,(H,12,13)/t6-,8+/m1/s1. The Morgan fingerprint density at radius 3 is 2.73 bits per heavy atom. The Kier molecular flexibility index (Phi) is 2.90. The van der Waals surface area contributed by atoms with E-state index in [4.69, 9.17) is 0 Å². The smallest absolute Gasteiger partial charge is 0.322 e. The summed E-state index contributed by atoms with van der Waals surface area (Å²) in [4.78, 5) is 22.8. The average molecular weight is 212 g/mol. The second kappa shape index (κ2) is 4.18. The quantitative estimate of drug-likeness (QED) is 0.614. The van der Waals surface area contributed by atoms with Crippen LogP contribution in [0.25, 0.3) is 0 Å². The van der Waals surface area contributed by atoms with E-state index in [-0.39, 0.29) is 23.8 Å². The van der Waals surface area contributed by atoms with Crippen LogP contribution in [0.4, 0.5) is 0 Å². The summed E-state index contributed by atoms with van der Waals surface area (Å²) in [7, 11) is 1.36. The van der Waals surface area contributed by atoms with E-state index in [2.05, 4.69) is 15.4 Å². The fourth-order valence-electron chi connectivity index (χ4n) is 1.80. The number of carbonyl (C=O) groups excluding carboxylic acids is 2. The molecule has 2 N–H and O–H groups in total. The van der Waals surface area contributed by atoms with Gasteiger partial charge < -0.3 is 15.4 Å². The Labute approximate surface area is 88.5 Å². The van der Waals surface area contributed by atoms with Gasteiger partial charge in [0, 0.05) is 12.6 Å². The second-order valence-electron chi connectivity index (χ2n) is 4.20. The van der Waals surface area contributed by atoms with Gasteiger partial charge in [-0.05, 0) is 19.3 Å². The largest absolute Gasteiger partial charge is 0.468 e. The summed E-state index contributed by atoms with van der Waals surface area (Å²) in [6.07, 6.45) is 2.73. The molecule has 0 unspecified atom stereocenters. The zero-order chi connectivity index (χ0) is 10.8. The predicted octanol–water partition coefficient (Wildman–Crippen LogP) is -0.584. The zero-order valence-corrected chi connectivity index (χ0v) is 8.79. The molecule has 0 aromatic rings. The maximum absolute atomic E-state index is 11.6. The summed E-state index contributed by atoms with van der Waals surface area (Å²) in [5.41, 5.74) is 0. The van der Waals surface area contributed by atoms with Crippen molar-refractivity contribution in [1.82, 2.24) is 10.6 Å². The minimum absolute atomic E-state index is 0.0661. The number of methoxy groups -OCH3 is 1. The molecule has 0 spiro atoms. The predicted molar refractivity (Wildman–Crippen MR) is 53.1 cm³/mol. The number of carbonyl (C=O) groups is 2. The van der Waals surface area contributed by atoms with Crippen LogP contribution in [0.2, 0.25) is 0 Å². The molecule has 84 valence electrons. The molecule has 1 saturated heterocycles. The Hall–Kier alpha value is -1.10. The maximum atomic E-state index is 11.6. The van der Waals surface area contributed by atoms with Gasteiger partial charge in [0.05, 0.1) is 13.0 Å². The monoisotopic (exact) mass is 212 g/mol. The number of ether oxygens (including phenoxy) is 1. The number of amides is 1. The average Bonchev–Trinajstić information content (AvgIpc) is 2.91. The normalized spacial score (nSPS) is 29.9. The lowest BCUT2D eigenvalue weighted by molar-refractivity contribution is -0.142. The van der Waals surface area contributed by atoms with Crippen molar-refractivity contribution < 1.29 is 14.3 Å². The molecule has 2 fully saturated rings. The third-order valence-electron chi connectivity index (χ3n) is 2.91. The zero-order valence-electron chi connectivity index (χ0n) is 8.79. The summed E-state index contributed by atoms with van der Waals surface area (Å²) in [5, 5.41) is 5.94. The third kappa shape index (κ3) is 2.47. The van der Waals surface area contributed by atoms with Crippen molar-refractivity contribution in [3.8, 4) is 0 Å². The first-order chi connectivity index (χ1) is 7.20. The minimum Gasteiger partial charge on any atom is -0.468 e. The molecule has 0 radical (unpaired) electrons. The van der Waals surface area contributed by atoms with E-state index < -0.39 is 0 Å². The molecule has 1 saturated carbocycles. The van der Waals surface area contributed by atoms with E-state index in [1.165, 1.54) is 7.11 Å². The molecule has 5 nitrogen and oxygen atoms in total. The van der Waals surface area contributed by atoms with Gasteiger partial charge in [0.15, 0.2) is 0 Å². The van der Waals surface area contributed by atoms with E-state index in [1.54, 1.807) is 0 Å². The molecule has 2 rings (SSSR count). The van der Waals surface area contributed by atoms with Gasteiger partial charge in [-0.25, -0.2) is 0 Å². The van der Waals surface area contributed by atoms with Gasteiger partial charge >= 0.3 is 5.97 Å². The highest BCUT2D eigenvalue weighted by atomic mass is 16.5. The fraction of sp³-hybridized carbons (Fsp3) is 0.800. The van der Waals surface area contributed by atoms with E-state index in [0.717, 1.165) is 12.8 Å². The topological polar surface area (TPSA) is 67.4 Å². The number of hydrogen-bond donors (Lipinski definition) is 2. The Morgan fingerprint density at radius 1 is 1.40 bits per heavy atom. The van der Waals surface area contributed by atoms with E-state index in [9.17, 15) is 9.59 Å². The highest BCUT2D eigenvalue weighted by molar-refractivity contribution is 5.83. The molecule has 2 atom stereocenters. The molecule has 0 bridgehead atoms. The van der Waals surface area contributed by atoms with Gasteiger partial charge in [-0.1, -0.05) is 0 Å². The summed E-state index contributed by atoms with van der Waals surface area (Å²) < 4.78 is 4.62. The van der Waals surface area contributed by atoms with Gasteiger partial charge in [0.25, 0.3) is 0 Å². The highest BCUT2D eigenvalue weighted by Crippen LogP contribution is 2.21. The van der Waals surface area contributed by atoms with Crippen LogP contribution in [0.3, 0.4) is 0 Å². The van der Waals surface area contributed by atoms with Crippen molar-refractivity contribution in [2.45, 2.75) is 31.3 Å².